The number of carbonyl (C=O) groups is 1. The Labute approximate surface area is 118 Å². The monoisotopic (exact) mass is 276 g/mol. The number of carbonyl (C=O) groups excluding carboxylic acids is 1. The molecule has 1 aromatic carbocycles. The molecule has 0 saturated carbocycles. The second-order valence-electron chi connectivity index (χ2n) is 5.28. The average Bonchev–Trinajstić information content (AvgIpc) is 2.45. The fraction of sp³-hybridized carbons (Fsp3) is 0.533. The van der Waals surface area contributed by atoms with E-state index in [-0.39, 0.29) is 17.9 Å². The van der Waals surface area contributed by atoms with E-state index in [2.05, 4.69) is 5.32 Å². The smallest absolute Gasteiger partial charge is 0.228 e. The van der Waals surface area contributed by atoms with E-state index in [4.69, 9.17) is 9.47 Å². The summed E-state index contributed by atoms with van der Waals surface area (Å²) in [7, 11) is 1.65. The van der Waals surface area contributed by atoms with Gasteiger partial charge in [0.15, 0.2) is 0 Å². The molecule has 0 aromatic heterocycles. The molecule has 1 atom stereocenters. The minimum atomic E-state index is -0.0594. The summed E-state index contributed by atoms with van der Waals surface area (Å²) < 4.78 is 11.1. The van der Waals surface area contributed by atoms with Crippen molar-refractivity contribution < 1.29 is 14.3 Å². The number of nitrogens with one attached hydrogen (secondary N) is 1. The lowest BCUT2D eigenvalue weighted by molar-refractivity contribution is -0.144. The molecule has 2 aliphatic heterocycles. The van der Waals surface area contributed by atoms with Gasteiger partial charge in [0.1, 0.15) is 11.9 Å². The maximum Gasteiger partial charge on any atom is 0.228 e. The number of nitrogens with zero attached hydrogens (tertiary/aromatic N) is 1. The van der Waals surface area contributed by atoms with Crippen molar-refractivity contribution in [2.24, 2.45) is 5.92 Å². The number of amides is 1. The minimum Gasteiger partial charge on any atom is -0.497 e. The zero-order valence-corrected chi connectivity index (χ0v) is 11.7. The van der Waals surface area contributed by atoms with Crippen LogP contribution < -0.4 is 10.1 Å². The average molecular weight is 276 g/mol. The van der Waals surface area contributed by atoms with Crippen LogP contribution in [0.5, 0.6) is 5.75 Å². The summed E-state index contributed by atoms with van der Waals surface area (Å²) in [5, 5.41) is 3.14. The quantitative estimate of drug-likeness (QED) is 0.888. The summed E-state index contributed by atoms with van der Waals surface area (Å²) in [5.41, 5.74) is 1.06. The molecule has 2 heterocycles. The molecule has 1 aromatic rings. The Kier molecular flexibility index (Phi) is 3.89. The van der Waals surface area contributed by atoms with Gasteiger partial charge in [-0.15, -0.1) is 0 Å². The van der Waals surface area contributed by atoms with Crippen molar-refractivity contribution in [3.05, 3.63) is 29.8 Å². The first-order chi connectivity index (χ1) is 9.78. The van der Waals surface area contributed by atoms with E-state index in [0.717, 1.165) is 24.4 Å². The number of morpholine rings is 1. The largest absolute Gasteiger partial charge is 0.497 e. The molecular weight excluding hydrogens is 256 g/mol. The van der Waals surface area contributed by atoms with E-state index in [1.807, 2.05) is 29.2 Å². The molecule has 1 amide bonds. The van der Waals surface area contributed by atoms with Crippen LogP contribution in [-0.4, -0.2) is 50.7 Å². The topological polar surface area (TPSA) is 50.8 Å². The first-order valence-electron chi connectivity index (χ1n) is 7.03. The van der Waals surface area contributed by atoms with Crippen LogP contribution in [0.2, 0.25) is 0 Å². The number of benzene rings is 1. The van der Waals surface area contributed by atoms with Crippen molar-refractivity contribution in [3.8, 4) is 5.75 Å². The number of ether oxygens (including phenoxy) is 2. The van der Waals surface area contributed by atoms with Crippen molar-refractivity contribution in [2.75, 3.05) is 39.9 Å². The fourth-order valence-electron chi connectivity index (χ4n) is 2.61. The van der Waals surface area contributed by atoms with E-state index in [1.165, 1.54) is 0 Å². The molecule has 0 radical (unpaired) electrons. The number of methoxy groups -OCH3 is 1. The summed E-state index contributed by atoms with van der Waals surface area (Å²) in [6, 6.07) is 7.86. The van der Waals surface area contributed by atoms with Crippen LogP contribution in [0.1, 0.15) is 11.7 Å². The molecule has 1 unspecified atom stereocenters. The van der Waals surface area contributed by atoms with Crippen molar-refractivity contribution in [1.29, 1.82) is 0 Å². The standard InChI is InChI=1S/C15H20N2O3/c1-19-13-4-2-3-11(7-13)14-10-17(5-6-20-14)15(18)12-8-16-9-12/h2-4,7,12,14,16H,5-6,8-10H2,1H3. The van der Waals surface area contributed by atoms with Crippen LogP contribution in [0, 0.1) is 5.92 Å². The summed E-state index contributed by atoms with van der Waals surface area (Å²) in [6.45, 7) is 3.52. The third-order valence-corrected chi connectivity index (χ3v) is 3.97. The Morgan fingerprint density at radius 3 is 3.00 bits per heavy atom. The number of hydrogen-bond acceptors (Lipinski definition) is 4. The SMILES string of the molecule is COc1cccc(C2CN(C(=O)C3CNC3)CCO2)c1. The van der Waals surface area contributed by atoms with Gasteiger partial charge in [-0.05, 0) is 17.7 Å². The van der Waals surface area contributed by atoms with E-state index in [1.54, 1.807) is 7.11 Å². The Morgan fingerprint density at radius 2 is 2.30 bits per heavy atom. The molecule has 5 heteroatoms. The summed E-state index contributed by atoms with van der Waals surface area (Å²) in [6.07, 6.45) is -0.0594. The van der Waals surface area contributed by atoms with Crippen LogP contribution in [0.25, 0.3) is 0 Å². The van der Waals surface area contributed by atoms with E-state index >= 15 is 0 Å². The highest BCUT2D eigenvalue weighted by molar-refractivity contribution is 5.80. The maximum absolute atomic E-state index is 12.3. The Morgan fingerprint density at radius 1 is 1.45 bits per heavy atom. The van der Waals surface area contributed by atoms with Crippen molar-refractivity contribution >= 4 is 5.91 Å². The highest BCUT2D eigenvalue weighted by Crippen LogP contribution is 2.26. The molecule has 0 aliphatic carbocycles. The van der Waals surface area contributed by atoms with Gasteiger partial charge in [0.05, 0.1) is 26.2 Å². The van der Waals surface area contributed by atoms with Gasteiger partial charge in [0.2, 0.25) is 5.91 Å². The Hall–Kier alpha value is -1.59. The molecule has 20 heavy (non-hydrogen) atoms. The summed E-state index contributed by atoms with van der Waals surface area (Å²) in [4.78, 5) is 14.2. The third kappa shape index (κ3) is 2.64. The summed E-state index contributed by atoms with van der Waals surface area (Å²) in [5.74, 6) is 1.22. The van der Waals surface area contributed by atoms with Crippen molar-refractivity contribution in [1.82, 2.24) is 10.2 Å². The molecule has 108 valence electrons. The van der Waals surface area contributed by atoms with Gasteiger partial charge in [-0.3, -0.25) is 4.79 Å². The van der Waals surface area contributed by atoms with E-state index in [9.17, 15) is 4.79 Å². The first-order valence-corrected chi connectivity index (χ1v) is 7.03. The molecule has 5 nitrogen and oxygen atoms in total. The van der Waals surface area contributed by atoms with E-state index < -0.39 is 0 Å². The second kappa shape index (κ2) is 5.81. The Balaban J connectivity index is 1.69. The molecule has 2 aliphatic rings. The third-order valence-electron chi connectivity index (χ3n) is 3.97. The van der Waals surface area contributed by atoms with Gasteiger partial charge >= 0.3 is 0 Å². The lowest BCUT2D eigenvalue weighted by atomic mass is 10.0. The van der Waals surface area contributed by atoms with Crippen LogP contribution in [0.3, 0.4) is 0 Å². The van der Waals surface area contributed by atoms with E-state index in [0.29, 0.717) is 19.7 Å². The van der Waals surface area contributed by atoms with Crippen molar-refractivity contribution in [3.63, 3.8) is 0 Å². The van der Waals surface area contributed by atoms with Gasteiger partial charge < -0.3 is 19.7 Å². The van der Waals surface area contributed by atoms with Crippen LogP contribution in [0.4, 0.5) is 0 Å². The lowest BCUT2D eigenvalue weighted by Crippen LogP contribution is -2.54. The highest BCUT2D eigenvalue weighted by Gasteiger charge is 2.32. The summed E-state index contributed by atoms with van der Waals surface area (Å²) >= 11 is 0. The zero-order valence-electron chi connectivity index (χ0n) is 11.7. The number of rotatable bonds is 3. The zero-order chi connectivity index (χ0) is 13.9. The molecule has 0 spiro atoms. The second-order valence-corrected chi connectivity index (χ2v) is 5.28. The lowest BCUT2D eigenvalue weighted by Gasteiger charge is -2.37. The maximum atomic E-state index is 12.3. The molecule has 2 fully saturated rings. The molecular formula is C15H20N2O3. The van der Waals surface area contributed by atoms with Gasteiger partial charge in [0.25, 0.3) is 0 Å². The first kappa shape index (κ1) is 13.4. The van der Waals surface area contributed by atoms with Gasteiger partial charge in [-0.2, -0.15) is 0 Å². The fourth-order valence-corrected chi connectivity index (χ4v) is 2.61. The predicted octanol–water partition coefficient (Wildman–Crippen LogP) is 0.814. The normalized spacial score (nSPS) is 23.2. The van der Waals surface area contributed by atoms with Crippen LogP contribution >= 0.6 is 0 Å². The van der Waals surface area contributed by atoms with Gasteiger partial charge in [-0.25, -0.2) is 0 Å². The molecule has 1 N–H and O–H groups in total. The van der Waals surface area contributed by atoms with Gasteiger partial charge in [-0.1, -0.05) is 12.1 Å². The molecule has 2 saturated heterocycles. The van der Waals surface area contributed by atoms with Gasteiger partial charge in [0, 0.05) is 19.6 Å². The van der Waals surface area contributed by atoms with Crippen molar-refractivity contribution in [2.45, 2.75) is 6.10 Å². The highest BCUT2D eigenvalue weighted by atomic mass is 16.5. The Bertz CT molecular complexity index is 488. The van der Waals surface area contributed by atoms with Crippen LogP contribution in [-0.2, 0) is 9.53 Å². The van der Waals surface area contributed by atoms with Crippen LogP contribution in [0.15, 0.2) is 24.3 Å². The number of hydrogen-bond donors (Lipinski definition) is 1. The minimum absolute atomic E-state index is 0.0594. The molecule has 3 rings (SSSR count). The molecule has 0 bridgehead atoms. The predicted molar refractivity (Wildman–Crippen MR) is 74.6 cm³/mol.